The average Bonchev–Trinajstić information content (AvgIpc) is 2.82. The Hall–Kier alpha value is -3.75. The van der Waals surface area contributed by atoms with Gasteiger partial charge in [-0.3, -0.25) is 9.68 Å². The fourth-order valence-corrected chi connectivity index (χ4v) is 2.17. The zero-order valence-corrected chi connectivity index (χ0v) is 21.5. The highest BCUT2D eigenvalue weighted by Gasteiger charge is 2.32. The first-order valence-electron chi connectivity index (χ1n) is 11.2. The van der Waals surface area contributed by atoms with E-state index in [-0.39, 0.29) is 6.42 Å². The molecule has 0 fully saturated rings. The van der Waals surface area contributed by atoms with Gasteiger partial charge in [0.2, 0.25) is 0 Å². The van der Waals surface area contributed by atoms with E-state index < -0.39 is 78.4 Å². The first-order chi connectivity index (χ1) is 17.1. The summed E-state index contributed by atoms with van der Waals surface area (Å²) in [6.07, 6.45) is -8.19. The van der Waals surface area contributed by atoms with Crippen LogP contribution in [0, 0.1) is 0 Å². The molecule has 0 saturated heterocycles. The summed E-state index contributed by atoms with van der Waals surface area (Å²) < 4.78 is 28.8. The molecule has 0 aliphatic rings. The molecule has 0 bridgehead atoms. The van der Waals surface area contributed by atoms with Gasteiger partial charge < -0.3 is 28.4 Å². The zero-order valence-electron chi connectivity index (χ0n) is 21.5. The van der Waals surface area contributed by atoms with Gasteiger partial charge in [-0.15, -0.1) is 0 Å². The van der Waals surface area contributed by atoms with Crippen molar-refractivity contribution < 1.29 is 72.1 Å². The number of esters is 6. The Kier molecular flexibility index (Phi) is 14.5. The summed E-state index contributed by atoms with van der Waals surface area (Å²) in [5, 5.41) is 8.25. The topological polar surface area (TPSA) is 204 Å². The third kappa shape index (κ3) is 12.2. The summed E-state index contributed by atoms with van der Waals surface area (Å²) in [5.41, 5.74) is 0. The lowest BCUT2D eigenvalue weighted by atomic mass is 10.3. The SMILES string of the molecule is CCCC(=O)O[C@@H](C)C(=O)O[C@H](C)C(=O)O[C@H](C)C(=O)O[C@H](C)C(=O)O[C@H](C)C(=O)O[C@H](C)C(=O)OO. The lowest BCUT2D eigenvalue weighted by Crippen LogP contribution is -2.39. The van der Waals surface area contributed by atoms with Crippen molar-refractivity contribution in [3.63, 3.8) is 0 Å². The largest absolute Gasteiger partial charge is 0.451 e. The molecule has 0 saturated carbocycles. The van der Waals surface area contributed by atoms with E-state index in [0.717, 1.165) is 27.7 Å². The minimum Gasteiger partial charge on any atom is -0.451 e. The van der Waals surface area contributed by atoms with Crippen LogP contribution in [0.3, 0.4) is 0 Å². The summed E-state index contributed by atoms with van der Waals surface area (Å²) in [5.74, 6) is -7.46. The standard InChI is InChI=1S/C22H32O15/c1-8-9-16(23)31-10(2)17(24)32-11(3)18(25)33-12(4)19(26)34-13(5)20(27)35-14(6)21(28)36-15(7)22(29)37-30/h10-15,30H,8-9H2,1-7H3/t10-,11+,12+,13+,14+,15+/m0/s1. The van der Waals surface area contributed by atoms with Gasteiger partial charge in [-0.05, 0) is 48.0 Å². The van der Waals surface area contributed by atoms with Gasteiger partial charge in [-0.1, -0.05) is 6.92 Å². The molecule has 15 heteroatoms. The molecular weight excluding hydrogens is 504 g/mol. The van der Waals surface area contributed by atoms with Crippen molar-refractivity contribution in [1.82, 2.24) is 0 Å². The Morgan fingerprint density at radius 3 is 0.973 bits per heavy atom. The van der Waals surface area contributed by atoms with Crippen LogP contribution in [-0.4, -0.2) is 83.7 Å². The van der Waals surface area contributed by atoms with Crippen molar-refractivity contribution >= 4 is 41.8 Å². The van der Waals surface area contributed by atoms with Gasteiger partial charge in [0.15, 0.2) is 36.6 Å². The van der Waals surface area contributed by atoms with E-state index >= 15 is 0 Å². The van der Waals surface area contributed by atoms with Crippen LogP contribution in [0.2, 0.25) is 0 Å². The van der Waals surface area contributed by atoms with Crippen LogP contribution in [0.4, 0.5) is 0 Å². The smallest absolute Gasteiger partial charge is 0.381 e. The molecule has 0 amide bonds. The molecule has 210 valence electrons. The maximum absolute atomic E-state index is 12.2. The Balaban J connectivity index is 4.69. The van der Waals surface area contributed by atoms with E-state index in [0.29, 0.717) is 6.42 Å². The van der Waals surface area contributed by atoms with Crippen LogP contribution in [0.25, 0.3) is 0 Å². The van der Waals surface area contributed by atoms with Crippen molar-refractivity contribution in [2.24, 2.45) is 0 Å². The number of carbonyl (C=O) groups excluding carboxylic acids is 7. The minimum atomic E-state index is -1.54. The molecule has 0 radical (unpaired) electrons. The van der Waals surface area contributed by atoms with Gasteiger partial charge in [-0.25, -0.2) is 28.8 Å². The fourth-order valence-electron chi connectivity index (χ4n) is 2.17. The van der Waals surface area contributed by atoms with E-state index in [1.54, 1.807) is 6.92 Å². The molecule has 0 spiro atoms. The van der Waals surface area contributed by atoms with E-state index in [4.69, 9.17) is 28.9 Å². The quantitative estimate of drug-likeness (QED) is 0.138. The van der Waals surface area contributed by atoms with Gasteiger partial charge in [-0.2, -0.15) is 5.26 Å². The third-order valence-electron chi connectivity index (χ3n) is 4.31. The van der Waals surface area contributed by atoms with E-state index in [9.17, 15) is 33.6 Å². The summed E-state index contributed by atoms with van der Waals surface area (Å²) in [7, 11) is 0. The van der Waals surface area contributed by atoms with Crippen molar-refractivity contribution in [2.45, 2.75) is 97.9 Å². The van der Waals surface area contributed by atoms with Crippen molar-refractivity contribution in [3.05, 3.63) is 0 Å². The molecule has 6 atom stereocenters. The van der Waals surface area contributed by atoms with E-state index in [2.05, 4.69) is 9.62 Å². The van der Waals surface area contributed by atoms with E-state index in [1.807, 2.05) is 0 Å². The van der Waals surface area contributed by atoms with Crippen molar-refractivity contribution in [1.29, 1.82) is 0 Å². The minimum absolute atomic E-state index is 0.101. The Morgan fingerprint density at radius 2 is 0.730 bits per heavy atom. The molecule has 1 N–H and O–H groups in total. The van der Waals surface area contributed by atoms with Crippen LogP contribution in [-0.2, 0) is 66.9 Å². The van der Waals surface area contributed by atoms with Crippen LogP contribution in [0.5, 0.6) is 0 Å². The maximum atomic E-state index is 12.2. The summed E-state index contributed by atoms with van der Waals surface area (Å²) in [4.78, 5) is 86.1. The predicted octanol–water partition coefficient (Wildman–Crippen LogP) is 0.393. The Labute approximate surface area is 212 Å². The molecule has 0 rings (SSSR count). The molecule has 37 heavy (non-hydrogen) atoms. The highest BCUT2D eigenvalue weighted by molar-refractivity contribution is 5.87. The second kappa shape index (κ2) is 16.1. The summed E-state index contributed by atoms with van der Waals surface area (Å²) in [6.45, 7) is 8.64. The van der Waals surface area contributed by atoms with Crippen LogP contribution < -0.4 is 0 Å². The molecule has 0 unspecified atom stereocenters. The zero-order chi connectivity index (χ0) is 28.9. The second-order valence-corrected chi connectivity index (χ2v) is 7.69. The first-order valence-corrected chi connectivity index (χ1v) is 11.2. The predicted molar refractivity (Wildman–Crippen MR) is 117 cm³/mol. The highest BCUT2D eigenvalue weighted by atomic mass is 17.1. The maximum Gasteiger partial charge on any atom is 0.381 e. The molecular formula is C22H32O15. The molecule has 0 aromatic heterocycles. The number of carbonyl (C=O) groups is 7. The van der Waals surface area contributed by atoms with Gasteiger partial charge in [0.05, 0.1) is 0 Å². The molecule has 0 aliphatic carbocycles. The van der Waals surface area contributed by atoms with Gasteiger partial charge in [0, 0.05) is 6.42 Å². The molecule has 0 aromatic carbocycles. The summed E-state index contributed by atoms with van der Waals surface area (Å²) >= 11 is 0. The number of ether oxygens (including phenoxy) is 6. The number of hydrogen-bond donors (Lipinski definition) is 1. The lowest BCUT2D eigenvalue weighted by molar-refractivity contribution is -0.244. The van der Waals surface area contributed by atoms with Gasteiger partial charge in [0.1, 0.15) is 0 Å². The lowest BCUT2D eigenvalue weighted by Gasteiger charge is -2.20. The van der Waals surface area contributed by atoms with Crippen molar-refractivity contribution in [3.8, 4) is 0 Å². The third-order valence-corrected chi connectivity index (χ3v) is 4.31. The monoisotopic (exact) mass is 536 g/mol. The normalized spacial score (nSPS) is 15.4. The Bertz CT molecular complexity index is 851. The van der Waals surface area contributed by atoms with Crippen molar-refractivity contribution in [2.75, 3.05) is 0 Å². The molecule has 0 aromatic rings. The second-order valence-electron chi connectivity index (χ2n) is 7.69. The van der Waals surface area contributed by atoms with Crippen LogP contribution >= 0.6 is 0 Å². The molecule has 0 heterocycles. The van der Waals surface area contributed by atoms with Crippen LogP contribution in [0.15, 0.2) is 0 Å². The summed E-state index contributed by atoms with van der Waals surface area (Å²) in [6, 6.07) is 0. The first kappa shape index (κ1) is 33.2. The van der Waals surface area contributed by atoms with E-state index in [1.165, 1.54) is 13.8 Å². The van der Waals surface area contributed by atoms with Crippen LogP contribution in [0.1, 0.15) is 61.3 Å². The molecule has 15 nitrogen and oxygen atoms in total. The Morgan fingerprint density at radius 1 is 0.486 bits per heavy atom. The van der Waals surface area contributed by atoms with Gasteiger partial charge in [0.25, 0.3) is 0 Å². The van der Waals surface area contributed by atoms with Gasteiger partial charge >= 0.3 is 41.8 Å². The number of hydrogen-bond acceptors (Lipinski definition) is 15. The fraction of sp³-hybridized carbons (Fsp3) is 0.682. The molecule has 0 aliphatic heterocycles. The number of rotatable bonds is 14. The average molecular weight is 536 g/mol. The highest BCUT2D eigenvalue weighted by Crippen LogP contribution is 2.09.